The van der Waals surface area contributed by atoms with Gasteiger partial charge in [0.1, 0.15) is 0 Å². The molecule has 0 radical (unpaired) electrons. The van der Waals surface area contributed by atoms with Gasteiger partial charge in [-0.05, 0) is 37.2 Å². The van der Waals surface area contributed by atoms with Crippen LogP contribution in [0, 0.1) is 5.92 Å². The van der Waals surface area contributed by atoms with Crippen LogP contribution in [-0.2, 0) is 11.2 Å². The van der Waals surface area contributed by atoms with Gasteiger partial charge in [0.25, 0.3) is 0 Å². The number of carbonyl (C=O) groups is 1. The normalized spacial score (nSPS) is 22.3. The summed E-state index contributed by atoms with van der Waals surface area (Å²) in [6.07, 6.45) is 4.70. The van der Waals surface area contributed by atoms with Crippen LogP contribution in [0.15, 0.2) is 30.3 Å². The van der Waals surface area contributed by atoms with Crippen molar-refractivity contribution in [2.75, 3.05) is 6.54 Å². The second-order valence-electron chi connectivity index (χ2n) is 5.24. The smallest absolute Gasteiger partial charge is 0.220 e. The number of rotatable bonds is 6. The van der Waals surface area contributed by atoms with Crippen molar-refractivity contribution in [3.05, 3.63) is 35.9 Å². The van der Waals surface area contributed by atoms with Crippen LogP contribution in [0.25, 0.3) is 0 Å². The number of benzene rings is 1. The van der Waals surface area contributed by atoms with Crippen molar-refractivity contribution in [2.24, 2.45) is 11.7 Å². The van der Waals surface area contributed by atoms with Gasteiger partial charge >= 0.3 is 0 Å². The Morgan fingerprint density at radius 3 is 2.67 bits per heavy atom. The zero-order chi connectivity index (χ0) is 12.8. The molecule has 3 nitrogen and oxygen atoms in total. The van der Waals surface area contributed by atoms with E-state index in [2.05, 4.69) is 17.4 Å². The van der Waals surface area contributed by atoms with E-state index in [0.717, 1.165) is 32.2 Å². The lowest BCUT2D eigenvalue weighted by Crippen LogP contribution is -2.39. The van der Waals surface area contributed by atoms with Crippen molar-refractivity contribution in [1.29, 1.82) is 0 Å². The molecule has 0 bridgehead atoms. The first-order valence-electron chi connectivity index (χ1n) is 6.80. The Labute approximate surface area is 109 Å². The summed E-state index contributed by atoms with van der Waals surface area (Å²) in [5.41, 5.74) is 7.03. The van der Waals surface area contributed by atoms with Crippen molar-refractivity contribution < 1.29 is 4.79 Å². The van der Waals surface area contributed by atoms with Gasteiger partial charge in [-0.2, -0.15) is 0 Å². The lowest BCUT2D eigenvalue weighted by molar-refractivity contribution is -0.122. The fourth-order valence-corrected chi connectivity index (χ4v) is 2.45. The molecular formula is C15H22N2O. The highest BCUT2D eigenvalue weighted by Gasteiger charge is 2.27. The number of nitrogens with two attached hydrogens (primary N) is 1. The highest BCUT2D eigenvalue weighted by Crippen LogP contribution is 2.28. The van der Waals surface area contributed by atoms with E-state index in [1.165, 1.54) is 5.56 Å². The fourth-order valence-electron chi connectivity index (χ4n) is 2.45. The van der Waals surface area contributed by atoms with Gasteiger partial charge in [-0.25, -0.2) is 0 Å². The van der Waals surface area contributed by atoms with Crippen molar-refractivity contribution >= 4 is 5.91 Å². The van der Waals surface area contributed by atoms with Crippen LogP contribution in [0.3, 0.4) is 0 Å². The van der Waals surface area contributed by atoms with Gasteiger partial charge in [0.15, 0.2) is 0 Å². The molecule has 0 unspecified atom stereocenters. The Morgan fingerprint density at radius 2 is 2.00 bits per heavy atom. The molecule has 1 aromatic rings. The van der Waals surface area contributed by atoms with Crippen molar-refractivity contribution in [3.8, 4) is 0 Å². The topological polar surface area (TPSA) is 55.1 Å². The van der Waals surface area contributed by atoms with E-state index in [-0.39, 0.29) is 5.91 Å². The van der Waals surface area contributed by atoms with Crippen LogP contribution >= 0.6 is 0 Å². The molecule has 2 rings (SSSR count). The zero-order valence-electron chi connectivity index (χ0n) is 10.8. The Bertz CT molecular complexity index is 371. The minimum absolute atomic E-state index is 0.181. The van der Waals surface area contributed by atoms with E-state index in [4.69, 9.17) is 5.73 Å². The Kier molecular flexibility index (Phi) is 4.76. The number of hydrogen-bond donors (Lipinski definition) is 2. The molecule has 0 spiro atoms. The molecule has 0 heterocycles. The highest BCUT2D eigenvalue weighted by molar-refractivity contribution is 5.76. The van der Waals surface area contributed by atoms with E-state index in [0.29, 0.717) is 18.4 Å². The van der Waals surface area contributed by atoms with Gasteiger partial charge in [-0.3, -0.25) is 4.79 Å². The van der Waals surface area contributed by atoms with Gasteiger partial charge in [-0.15, -0.1) is 0 Å². The SMILES string of the molecule is NC1CC(CC(=O)NCCCc2ccccc2)C1. The summed E-state index contributed by atoms with van der Waals surface area (Å²) >= 11 is 0. The molecule has 1 amide bonds. The predicted octanol–water partition coefficient (Wildman–Crippen LogP) is 1.86. The molecule has 0 saturated heterocycles. The van der Waals surface area contributed by atoms with E-state index in [1.54, 1.807) is 0 Å². The first-order chi connectivity index (χ1) is 8.74. The number of hydrogen-bond acceptors (Lipinski definition) is 2. The molecule has 0 aromatic heterocycles. The quantitative estimate of drug-likeness (QED) is 0.753. The molecule has 3 N–H and O–H groups in total. The summed E-state index contributed by atoms with van der Waals surface area (Å²) in [6, 6.07) is 10.7. The first-order valence-corrected chi connectivity index (χ1v) is 6.80. The van der Waals surface area contributed by atoms with Gasteiger partial charge in [0, 0.05) is 19.0 Å². The zero-order valence-corrected chi connectivity index (χ0v) is 10.8. The second-order valence-corrected chi connectivity index (χ2v) is 5.24. The number of carbonyl (C=O) groups excluding carboxylic acids is 1. The first kappa shape index (κ1) is 13.1. The summed E-state index contributed by atoms with van der Waals surface area (Å²) in [5, 5.41) is 2.99. The standard InChI is InChI=1S/C15H22N2O/c16-14-9-13(10-14)11-15(18)17-8-4-7-12-5-2-1-3-6-12/h1-3,5-6,13-14H,4,7-11,16H2,(H,17,18). The van der Waals surface area contributed by atoms with Gasteiger partial charge < -0.3 is 11.1 Å². The maximum absolute atomic E-state index is 11.6. The third kappa shape index (κ3) is 4.15. The maximum atomic E-state index is 11.6. The Morgan fingerprint density at radius 1 is 1.28 bits per heavy atom. The lowest BCUT2D eigenvalue weighted by Gasteiger charge is -2.31. The van der Waals surface area contributed by atoms with Crippen molar-refractivity contribution in [2.45, 2.75) is 38.1 Å². The van der Waals surface area contributed by atoms with Crippen LogP contribution < -0.4 is 11.1 Å². The molecule has 3 heteroatoms. The van der Waals surface area contributed by atoms with Crippen LogP contribution in [0.1, 0.15) is 31.2 Å². The molecule has 1 fully saturated rings. The highest BCUT2D eigenvalue weighted by atomic mass is 16.1. The third-order valence-electron chi connectivity index (χ3n) is 3.55. The molecule has 1 aromatic carbocycles. The Hall–Kier alpha value is -1.35. The summed E-state index contributed by atoms with van der Waals surface area (Å²) in [6.45, 7) is 0.770. The van der Waals surface area contributed by atoms with Crippen LogP contribution in [0.5, 0.6) is 0 Å². The lowest BCUT2D eigenvalue weighted by atomic mass is 9.79. The van der Waals surface area contributed by atoms with Gasteiger partial charge in [0.2, 0.25) is 5.91 Å². The minimum atomic E-state index is 0.181. The molecule has 18 heavy (non-hydrogen) atoms. The van der Waals surface area contributed by atoms with Crippen LogP contribution in [-0.4, -0.2) is 18.5 Å². The third-order valence-corrected chi connectivity index (χ3v) is 3.55. The van der Waals surface area contributed by atoms with E-state index < -0.39 is 0 Å². The summed E-state index contributed by atoms with van der Waals surface area (Å²) in [5.74, 6) is 0.703. The summed E-state index contributed by atoms with van der Waals surface area (Å²) < 4.78 is 0. The second kappa shape index (κ2) is 6.55. The van der Waals surface area contributed by atoms with Gasteiger partial charge in [0.05, 0.1) is 0 Å². The fraction of sp³-hybridized carbons (Fsp3) is 0.533. The molecule has 1 saturated carbocycles. The molecule has 1 aliphatic rings. The largest absolute Gasteiger partial charge is 0.356 e. The Balaban J connectivity index is 1.54. The number of nitrogens with one attached hydrogen (secondary N) is 1. The monoisotopic (exact) mass is 246 g/mol. The molecule has 1 aliphatic carbocycles. The average molecular weight is 246 g/mol. The predicted molar refractivity (Wildman–Crippen MR) is 73.1 cm³/mol. The van der Waals surface area contributed by atoms with E-state index in [9.17, 15) is 4.79 Å². The van der Waals surface area contributed by atoms with Crippen molar-refractivity contribution in [1.82, 2.24) is 5.32 Å². The van der Waals surface area contributed by atoms with Crippen LogP contribution in [0.4, 0.5) is 0 Å². The van der Waals surface area contributed by atoms with Gasteiger partial charge in [-0.1, -0.05) is 30.3 Å². The molecule has 98 valence electrons. The van der Waals surface area contributed by atoms with Crippen molar-refractivity contribution in [3.63, 3.8) is 0 Å². The molecule has 0 aliphatic heterocycles. The number of aryl methyl sites for hydroxylation is 1. The molecule has 0 atom stereocenters. The molecular weight excluding hydrogens is 224 g/mol. The van der Waals surface area contributed by atoms with E-state index >= 15 is 0 Å². The average Bonchev–Trinajstić information content (AvgIpc) is 2.34. The number of amides is 1. The minimum Gasteiger partial charge on any atom is -0.356 e. The van der Waals surface area contributed by atoms with E-state index in [1.807, 2.05) is 18.2 Å². The maximum Gasteiger partial charge on any atom is 0.220 e. The summed E-state index contributed by atoms with van der Waals surface area (Å²) in [4.78, 5) is 11.6. The van der Waals surface area contributed by atoms with Crippen LogP contribution in [0.2, 0.25) is 0 Å². The summed E-state index contributed by atoms with van der Waals surface area (Å²) in [7, 11) is 0.